The van der Waals surface area contributed by atoms with Gasteiger partial charge in [-0.25, -0.2) is 4.98 Å². The minimum Gasteiger partial charge on any atom is -0.440 e. The first-order chi connectivity index (χ1) is 13.2. The largest absolute Gasteiger partial charge is 0.449 e. The van der Waals surface area contributed by atoms with Crippen LogP contribution >= 0.6 is 0 Å². The van der Waals surface area contributed by atoms with Gasteiger partial charge in [0.15, 0.2) is 11.3 Å². The molecule has 4 rings (SSSR count). The summed E-state index contributed by atoms with van der Waals surface area (Å²) in [5.41, 5.74) is 5.69. The number of nitrogens with zero attached hydrogens (tertiary/aromatic N) is 2. The summed E-state index contributed by atoms with van der Waals surface area (Å²) in [7, 11) is 0. The van der Waals surface area contributed by atoms with Gasteiger partial charge in [-0.2, -0.15) is 13.2 Å². The lowest BCUT2D eigenvalue weighted by Gasteiger charge is -2.27. The van der Waals surface area contributed by atoms with Gasteiger partial charge in [0.25, 0.3) is 5.56 Å². The van der Waals surface area contributed by atoms with E-state index >= 15 is 0 Å². The van der Waals surface area contributed by atoms with E-state index < -0.39 is 17.6 Å². The number of alkyl halides is 3. The average molecular weight is 392 g/mol. The maximum Gasteiger partial charge on any atom is 0.449 e. The number of hydrogen-bond donors (Lipinski definition) is 2. The number of nitrogens with one attached hydrogen (secondary N) is 1. The van der Waals surface area contributed by atoms with E-state index in [9.17, 15) is 22.8 Å². The Morgan fingerprint density at radius 2 is 2.00 bits per heavy atom. The molecule has 0 amide bonds. The van der Waals surface area contributed by atoms with E-state index in [0.29, 0.717) is 17.5 Å². The van der Waals surface area contributed by atoms with Crippen molar-refractivity contribution in [2.24, 2.45) is 0 Å². The third-order valence-corrected chi connectivity index (χ3v) is 4.72. The third-order valence-electron chi connectivity index (χ3n) is 4.72. The number of hydrogen-bond acceptors (Lipinski definition) is 6. The molecule has 3 heterocycles. The molecule has 1 aromatic carbocycles. The molecule has 0 fully saturated rings. The monoisotopic (exact) mass is 392 g/mol. The van der Waals surface area contributed by atoms with Gasteiger partial charge >= 0.3 is 6.18 Å². The summed E-state index contributed by atoms with van der Waals surface area (Å²) in [6, 6.07) is 6.70. The van der Waals surface area contributed by atoms with Crippen LogP contribution in [0.1, 0.15) is 22.6 Å². The number of nitrogens with two attached hydrogens (primary N) is 1. The van der Waals surface area contributed by atoms with Gasteiger partial charge in [0.2, 0.25) is 5.82 Å². The standard InChI is InChI=1S/C18H15F3N4O3/c19-18(20,21)17-23-12-5-6-25(7-10(12)16(27)24-17)8-11-14(26)9-3-1-2-4-13(9)28-15(11)22/h1-4H,5-8,22H2,(H,23,24,27). The molecule has 1 aliphatic rings. The second-order valence-corrected chi connectivity index (χ2v) is 6.57. The zero-order chi connectivity index (χ0) is 20.1. The number of benzene rings is 1. The Hall–Kier alpha value is -3.14. The second-order valence-electron chi connectivity index (χ2n) is 6.57. The van der Waals surface area contributed by atoms with Crippen molar-refractivity contribution in [3.63, 3.8) is 0 Å². The lowest BCUT2D eigenvalue weighted by molar-refractivity contribution is -0.145. The van der Waals surface area contributed by atoms with E-state index in [-0.39, 0.29) is 47.6 Å². The first kappa shape index (κ1) is 18.2. The number of halogens is 3. The number of aromatic amines is 1. The molecule has 0 spiro atoms. The average Bonchev–Trinajstić information content (AvgIpc) is 2.64. The summed E-state index contributed by atoms with van der Waals surface area (Å²) in [5, 5.41) is 0.387. The van der Waals surface area contributed by atoms with Crippen LogP contribution in [0.2, 0.25) is 0 Å². The second kappa shape index (κ2) is 6.48. The fraction of sp³-hybridized carbons (Fsp3) is 0.278. The first-order valence-corrected chi connectivity index (χ1v) is 8.46. The van der Waals surface area contributed by atoms with Crippen LogP contribution in [0, 0.1) is 0 Å². The highest BCUT2D eigenvalue weighted by Gasteiger charge is 2.36. The van der Waals surface area contributed by atoms with Gasteiger partial charge in [0.05, 0.1) is 22.2 Å². The van der Waals surface area contributed by atoms with E-state index in [1.165, 1.54) is 0 Å². The molecule has 3 N–H and O–H groups in total. The molecule has 0 saturated heterocycles. The lowest BCUT2D eigenvalue weighted by Crippen LogP contribution is -2.37. The molecule has 0 unspecified atom stereocenters. The minimum atomic E-state index is -4.72. The van der Waals surface area contributed by atoms with Crippen LogP contribution in [0.15, 0.2) is 38.3 Å². The van der Waals surface area contributed by atoms with Gasteiger partial charge in [0.1, 0.15) is 5.58 Å². The van der Waals surface area contributed by atoms with Crippen LogP contribution in [-0.4, -0.2) is 21.4 Å². The van der Waals surface area contributed by atoms with Crippen LogP contribution < -0.4 is 16.7 Å². The molecule has 0 saturated carbocycles. The number of rotatable bonds is 2. The summed E-state index contributed by atoms with van der Waals surface area (Å²) in [6.07, 6.45) is -4.56. The minimum absolute atomic E-state index is 0.0195. The first-order valence-electron chi connectivity index (χ1n) is 8.46. The van der Waals surface area contributed by atoms with Crippen molar-refractivity contribution in [2.45, 2.75) is 25.7 Å². The SMILES string of the molecule is Nc1oc2ccccc2c(=O)c1CN1CCc2nc(C(F)(F)F)[nH]c(=O)c2C1. The van der Waals surface area contributed by atoms with Crippen molar-refractivity contribution in [3.8, 4) is 0 Å². The summed E-state index contributed by atoms with van der Waals surface area (Å²) in [6.45, 7) is 0.493. The summed E-state index contributed by atoms with van der Waals surface area (Å²) >= 11 is 0. The van der Waals surface area contributed by atoms with E-state index in [1.807, 2.05) is 0 Å². The van der Waals surface area contributed by atoms with Crippen molar-refractivity contribution in [3.05, 3.63) is 67.5 Å². The van der Waals surface area contributed by atoms with Crippen LogP contribution in [0.5, 0.6) is 0 Å². The Morgan fingerprint density at radius 3 is 2.75 bits per heavy atom. The molecule has 0 bridgehead atoms. The van der Waals surface area contributed by atoms with Gasteiger partial charge in [0, 0.05) is 26.1 Å². The van der Waals surface area contributed by atoms with Crippen molar-refractivity contribution in [1.29, 1.82) is 0 Å². The number of anilines is 1. The maximum absolute atomic E-state index is 12.8. The molecule has 3 aromatic rings. The van der Waals surface area contributed by atoms with E-state index in [1.54, 1.807) is 34.1 Å². The zero-order valence-electron chi connectivity index (χ0n) is 14.5. The van der Waals surface area contributed by atoms with Gasteiger partial charge < -0.3 is 15.1 Å². The molecule has 146 valence electrons. The molecule has 2 aromatic heterocycles. The number of fused-ring (bicyclic) bond motifs is 2. The quantitative estimate of drug-likeness (QED) is 0.692. The van der Waals surface area contributed by atoms with Crippen molar-refractivity contribution < 1.29 is 17.6 Å². The van der Waals surface area contributed by atoms with E-state index in [2.05, 4.69) is 4.98 Å². The van der Waals surface area contributed by atoms with Gasteiger partial charge in [-0.05, 0) is 12.1 Å². The fourth-order valence-electron chi connectivity index (χ4n) is 3.32. The Bertz CT molecular complexity index is 1180. The highest BCUT2D eigenvalue weighted by molar-refractivity contribution is 5.78. The normalized spacial score (nSPS) is 15.0. The summed E-state index contributed by atoms with van der Waals surface area (Å²) in [4.78, 5) is 31.9. The van der Waals surface area contributed by atoms with Crippen LogP contribution in [-0.2, 0) is 25.7 Å². The predicted octanol–water partition coefficient (Wildman–Crippen LogP) is 2.04. The third kappa shape index (κ3) is 3.15. The van der Waals surface area contributed by atoms with Gasteiger partial charge in [-0.15, -0.1) is 0 Å². The topological polar surface area (TPSA) is 105 Å². The molecular formula is C18H15F3N4O3. The number of aromatic nitrogens is 2. The molecule has 1 aliphatic heterocycles. The molecule has 0 radical (unpaired) electrons. The molecule has 0 atom stereocenters. The fourth-order valence-corrected chi connectivity index (χ4v) is 3.32. The lowest BCUT2D eigenvalue weighted by atomic mass is 10.1. The Balaban J connectivity index is 1.65. The predicted molar refractivity (Wildman–Crippen MR) is 94.6 cm³/mol. The molecular weight excluding hydrogens is 377 g/mol. The van der Waals surface area contributed by atoms with E-state index in [0.717, 1.165) is 0 Å². The van der Waals surface area contributed by atoms with Crippen LogP contribution in [0.25, 0.3) is 11.0 Å². The molecule has 0 aliphatic carbocycles. The Kier molecular flexibility index (Phi) is 4.22. The Labute approximate surface area is 155 Å². The zero-order valence-corrected chi connectivity index (χ0v) is 14.5. The van der Waals surface area contributed by atoms with Crippen molar-refractivity contribution in [1.82, 2.24) is 14.9 Å². The number of nitrogen functional groups attached to an aromatic ring is 1. The van der Waals surface area contributed by atoms with Gasteiger partial charge in [-0.1, -0.05) is 12.1 Å². The highest BCUT2D eigenvalue weighted by Crippen LogP contribution is 2.27. The van der Waals surface area contributed by atoms with Crippen molar-refractivity contribution in [2.75, 3.05) is 12.3 Å². The van der Waals surface area contributed by atoms with Gasteiger partial charge in [-0.3, -0.25) is 14.5 Å². The maximum atomic E-state index is 12.8. The van der Waals surface area contributed by atoms with Crippen LogP contribution in [0.4, 0.5) is 19.1 Å². The molecule has 10 heteroatoms. The molecule has 7 nitrogen and oxygen atoms in total. The Morgan fingerprint density at radius 1 is 1.25 bits per heavy atom. The summed E-state index contributed by atoms with van der Waals surface area (Å²) < 4.78 is 44.0. The van der Waals surface area contributed by atoms with E-state index in [4.69, 9.17) is 10.2 Å². The highest BCUT2D eigenvalue weighted by atomic mass is 19.4. The number of H-pyrrole nitrogens is 1. The molecule has 28 heavy (non-hydrogen) atoms. The smallest absolute Gasteiger partial charge is 0.440 e. The van der Waals surface area contributed by atoms with Crippen molar-refractivity contribution >= 4 is 16.9 Å². The van der Waals surface area contributed by atoms with Crippen LogP contribution in [0.3, 0.4) is 0 Å². The number of para-hydroxylation sites is 1. The summed E-state index contributed by atoms with van der Waals surface area (Å²) in [5.74, 6) is -1.32.